The minimum absolute atomic E-state index is 0.0891. The van der Waals surface area contributed by atoms with Crippen LogP contribution in [0.4, 0.5) is 17.3 Å². The first-order valence-electron chi connectivity index (χ1n) is 7.25. The van der Waals surface area contributed by atoms with Crippen LogP contribution >= 0.6 is 0 Å². The van der Waals surface area contributed by atoms with Gasteiger partial charge in [0.15, 0.2) is 0 Å². The molecule has 0 aliphatic carbocycles. The Morgan fingerprint density at radius 1 is 1.38 bits per heavy atom. The lowest BCUT2D eigenvalue weighted by atomic mass is 10.1. The molecule has 118 valence electrons. The number of hydrogen-bond acceptors (Lipinski definition) is 6. The van der Waals surface area contributed by atoms with E-state index in [4.69, 9.17) is 0 Å². The van der Waals surface area contributed by atoms with Gasteiger partial charge in [0.1, 0.15) is 5.82 Å². The average Bonchev–Trinajstić information content (AvgIpc) is 2.42. The number of nitrogens with one attached hydrogen (secondary N) is 2. The van der Waals surface area contributed by atoms with Gasteiger partial charge in [0.2, 0.25) is 5.82 Å². The number of aliphatic hydroxyl groups excluding tert-OH is 1. The monoisotopic (exact) mass is 296 g/mol. The maximum atomic E-state index is 11.0. The molecule has 1 aromatic rings. The molecule has 0 saturated carbocycles. The van der Waals surface area contributed by atoms with E-state index in [2.05, 4.69) is 15.6 Å². The SMILES string of the molecule is CCCNc1ccc([N+](=O)[O-])c(NCC(O)CC(C)C)n1. The van der Waals surface area contributed by atoms with Gasteiger partial charge in [-0.1, -0.05) is 20.8 Å². The van der Waals surface area contributed by atoms with Crippen LogP contribution in [-0.4, -0.2) is 34.2 Å². The van der Waals surface area contributed by atoms with Crippen molar-refractivity contribution in [2.45, 2.75) is 39.7 Å². The van der Waals surface area contributed by atoms with E-state index in [1.54, 1.807) is 6.07 Å². The normalized spacial score (nSPS) is 12.2. The predicted octanol–water partition coefficient (Wildman–Crippen LogP) is 2.63. The van der Waals surface area contributed by atoms with Gasteiger partial charge in [0.05, 0.1) is 11.0 Å². The highest BCUT2D eigenvalue weighted by atomic mass is 16.6. The Kier molecular flexibility index (Phi) is 6.87. The van der Waals surface area contributed by atoms with E-state index in [0.717, 1.165) is 13.0 Å². The zero-order valence-electron chi connectivity index (χ0n) is 12.8. The summed E-state index contributed by atoms with van der Waals surface area (Å²) in [7, 11) is 0. The Hall–Kier alpha value is -1.89. The average molecular weight is 296 g/mol. The molecule has 0 amide bonds. The third-order valence-electron chi connectivity index (χ3n) is 2.88. The second-order valence-corrected chi connectivity index (χ2v) is 5.41. The molecule has 7 nitrogen and oxygen atoms in total. The van der Waals surface area contributed by atoms with Crippen LogP contribution in [0.1, 0.15) is 33.6 Å². The largest absolute Gasteiger partial charge is 0.391 e. The second-order valence-electron chi connectivity index (χ2n) is 5.41. The Morgan fingerprint density at radius 3 is 2.67 bits per heavy atom. The first-order valence-corrected chi connectivity index (χ1v) is 7.25. The van der Waals surface area contributed by atoms with Gasteiger partial charge in [0, 0.05) is 19.2 Å². The number of aliphatic hydroxyl groups is 1. The minimum Gasteiger partial charge on any atom is -0.391 e. The topological polar surface area (TPSA) is 100 Å². The number of nitro groups is 1. The van der Waals surface area contributed by atoms with Crippen LogP contribution in [0.5, 0.6) is 0 Å². The van der Waals surface area contributed by atoms with E-state index >= 15 is 0 Å². The van der Waals surface area contributed by atoms with Gasteiger partial charge in [0.25, 0.3) is 0 Å². The van der Waals surface area contributed by atoms with Gasteiger partial charge in [-0.15, -0.1) is 0 Å². The first kappa shape index (κ1) is 17.2. The number of anilines is 2. The van der Waals surface area contributed by atoms with Crippen molar-refractivity contribution in [3.8, 4) is 0 Å². The van der Waals surface area contributed by atoms with Crippen molar-refractivity contribution in [3.63, 3.8) is 0 Å². The summed E-state index contributed by atoms with van der Waals surface area (Å²) in [6.07, 6.45) is 1.02. The Labute approximate surface area is 124 Å². The smallest absolute Gasteiger partial charge is 0.311 e. The molecular weight excluding hydrogens is 272 g/mol. The highest BCUT2D eigenvalue weighted by Crippen LogP contribution is 2.24. The van der Waals surface area contributed by atoms with Crippen LogP contribution in [0.3, 0.4) is 0 Å². The summed E-state index contributed by atoms with van der Waals surface area (Å²) < 4.78 is 0. The molecule has 0 bridgehead atoms. The maximum absolute atomic E-state index is 11.0. The fraction of sp³-hybridized carbons (Fsp3) is 0.643. The molecule has 0 aliphatic heterocycles. The van der Waals surface area contributed by atoms with Crippen LogP contribution in [-0.2, 0) is 0 Å². The summed E-state index contributed by atoms with van der Waals surface area (Å²) in [6.45, 7) is 7.04. The summed E-state index contributed by atoms with van der Waals surface area (Å²) in [4.78, 5) is 14.7. The summed E-state index contributed by atoms with van der Waals surface area (Å²) in [5.74, 6) is 1.13. The number of aromatic nitrogens is 1. The molecule has 21 heavy (non-hydrogen) atoms. The van der Waals surface area contributed by atoms with Gasteiger partial charge < -0.3 is 15.7 Å². The quantitative estimate of drug-likeness (QED) is 0.478. The zero-order chi connectivity index (χ0) is 15.8. The van der Waals surface area contributed by atoms with Gasteiger partial charge in [-0.3, -0.25) is 10.1 Å². The molecule has 1 atom stereocenters. The molecule has 1 aromatic heterocycles. The molecule has 1 rings (SSSR count). The van der Waals surface area contributed by atoms with Crippen molar-refractivity contribution in [3.05, 3.63) is 22.2 Å². The van der Waals surface area contributed by atoms with E-state index in [1.165, 1.54) is 6.07 Å². The predicted molar refractivity (Wildman–Crippen MR) is 83.6 cm³/mol. The van der Waals surface area contributed by atoms with Crippen LogP contribution in [0.2, 0.25) is 0 Å². The van der Waals surface area contributed by atoms with E-state index in [0.29, 0.717) is 18.2 Å². The fourth-order valence-corrected chi connectivity index (χ4v) is 1.92. The van der Waals surface area contributed by atoms with E-state index < -0.39 is 11.0 Å². The van der Waals surface area contributed by atoms with Crippen molar-refractivity contribution in [2.75, 3.05) is 23.7 Å². The molecule has 0 saturated heterocycles. The zero-order valence-corrected chi connectivity index (χ0v) is 12.8. The van der Waals surface area contributed by atoms with Crippen LogP contribution in [0, 0.1) is 16.0 Å². The molecule has 0 radical (unpaired) electrons. The molecule has 1 heterocycles. The minimum atomic E-state index is -0.557. The van der Waals surface area contributed by atoms with Gasteiger partial charge in [-0.2, -0.15) is 0 Å². The molecule has 1 unspecified atom stereocenters. The number of hydrogen-bond donors (Lipinski definition) is 3. The van der Waals surface area contributed by atoms with Crippen molar-refractivity contribution < 1.29 is 10.0 Å². The van der Waals surface area contributed by atoms with Crippen LogP contribution in [0.15, 0.2) is 12.1 Å². The Balaban J connectivity index is 2.78. The van der Waals surface area contributed by atoms with Gasteiger partial charge in [-0.25, -0.2) is 4.98 Å². The lowest BCUT2D eigenvalue weighted by molar-refractivity contribution is -0.384. The first-order chi connectivity index (χ1) is 9.93. The van der Waals surface area contributed by atoms with Crippen LogP contribution in [0.25, 0.3) is 0 Å². The molecule has 7 heteroatoms. The number of pyridine rings is 1. The van der Waals surface area contributed by atoms with Crippen molar-refractivity contribution in [1.82, 2.24) is 4.98 Å². The fourth-order valence-electron chi connectivity index (χ4n) is 1.92. The van der Waals surface area contributed by atoms with Gasteiger partial charge >= 0.3 is 5.69 Å². The van der Waals surface area contributed by atoms with Gasteiger partial charge in [-0.05, 0) is 24.8 Å². The van der Waals surface area contributed by atoms with E-state index in [1.807, 2.05) is 20.8 Å². The Bertz CT molecular complexity index is 466. The molecule has 0 spiro atoms. The highest BCUT2D eigenvalue weighted by molar-refractivity contribution is 5.60. The molecule has 0 aliphatic rings. The Morgan fingerprint density at radius 2 is 2.10 bits per heavy atom. The summed E-state index contributed by atoms with van der Waals surface area (Å²) in [5.41, 5.74) is -0.0891. The van der Waals surface area contributed by atoms with Crippen LogP contribution < -0.4 is 10.6 Å². The standard InChI is InChI=1S/C14H24N4O3/c1-4-7-15-13-6-5-12(18(20)21)14(17-13)16-9-11(19)8-10(2)3/h5-6,10-11,19H,4,7-9H2,1-3H3,(H2,15,16,17). The molecule has 3 N–H and O–H groups in total. The number of nitrogens with zero attached hydrogens (tertiary/aromatic N) is 2. The van der Waals surface area contributed by atoms with E-state index in [9.17, 15) is 15.2 Å². The lowest BCUT2D eigenvalue weighted by Gasteiger charge is -2.15. The highest BCUT2D eigenvalue weighted by Gasteiger charge is 2.17. The molecule has 0 aromatic carbocycles. The number of rotatable bonds is 9. The second kappa shape index (κ2) is 8.41. The van der Waals surface area contributed by atoms with Crippen molar-refractivity contribution in [2.24, 2.45) is 5.92 Å². The third kappa shape index (κ3) is 5.95. The maximum Gasteiger partial charge on any atom is 0.311 e. The molecular formula is C14H24N4O3. The van der Waals surface area contributed by atoms with Crippen molar-refractivity contribution in [1.29, 1.82) is 0 Å². The van der Waals surface area contributed by atoms with E-state index in [-0.39, 0.29) is 18.1 Å². The summed E-state index contributed by atoms with van der Waals surface area (Å²) >= 11 is 0. The summed E-state index contributed by atoms with van der Waals surface area (Å²) in [6, 6.07) is 3.01. The lowest BCUT2D eigenvalue weighted by Crippen LogP contribution is -2.22. The van der Waals surface area contributed by atoms with Crippen molar-refractivity contribution >= 4 is 17.3 Å². The summed E-state index contributed by atoms with van der Waals surface area (Å²) in [5, 5.41) is 26.8. The third-order valence-corrected chi connectivity index (χ3v) is 2.88. The molecule has 0 fully saturated rings.